The predicted octanol–water partition coefficient (Wildman–Crippen LogP) is 4.53. The van der Waals surface area contributed by atoms with Crippen molar-refractivity contribution in [1.29, 1.82) is 0 Å². The van der Waals surface area contributed by atoms with Gasteiger partial charge in [-0.1, -0.05) is 49.2 Å². The molecule has 2 heterocycles. The third-order valence-electron chi connectivity index (χ3n) is 5.75. The van der Waals surface area contributed by atoms with Crippen LogP contribution in [0.2, 0.25) is 5.02 Å². The number of benzene rings is 2. The minimum Gasteiger partial charge on any atom is -0.406 e. The van der Waals surface area contributed by atoms with Crippen LogP contribution < -0.4 is 16.0 Å². The lowest BCUT2D eigenvalue weighted by molar-refractivity contribution is -0.274. The van der Waals surface area contributed by atoms with Gasteiger partial charge in [-0.15, -0.1) is 13.2 Å². The molecule has 0 saturated carbocycles. The molecule has 0 amide bonds. The van der Waals surface area contributed by atoms with Crippen molar-refractivity contribution in [3.05, 3.63) is 91.3 Å². The number of imidazole rings is 1. The first-order chi connectivity index (χ1) is 17.5. The molecule has 0 aliphatic rings. The fourth-order valence-corrected chi connectivity index (χ4v) is 4.07. The van der Waals surface area contributed by atoms with E-state index in [1.807, 2.05) is 6.92 Å². The van der Waals surface area contributed by atoms with Crippen LogP contribution in [0.25, 0.3) is 11.2 Å². The Bertz CT molecular complexity index is 1590. The van der Waals surface area contributed by atoms with Crippen molar-refractivity contribution in [2.75, 3.05) is 0 Å². The molecule has 0 bridgehead atoms. The summed E-state index contributed by atoms with van der Waals surface area (Å²) in [6, 6.07) is 11.3. The first-order valence-electron chi connectivity index (χ1n) is 11.3. The zero-order valence-electron chi connectivity index (χ0n) is 19.9. The Morgan fingerprint density at radius 2 is 1.78 bits per heavy atom. The zero-order valence-corrected chi connectivity index (χ0v) is 20.6. The molecule has 194 valence electrons. The Morgan fingerprint density at radius 1 is 1.08 bits per heavy atom. The molecule has 4 aromatic rings. The van der Waals surface area contributed by atoms with Gasteiger partial charge in [0.05, 0.1) is 6.54 Å². The summed E-state index contributed by atoms with van der Waals surface area (Å²) < 4.78 is 45.8. The highest BCUT2D eigenvalue weighted by Gasteiger charge is 2.32. The number of halogens is 4. The molecule has 0 fully saturated rings. The molecule has 12 heteroatoms. The van der Waals surface area contributed by atoms with Crippen molar-refractivity contribution in [1.82, 2.24) is 18.7 Å². The minimum atomic E-state index is -4.94. The second-order valence-corrected chi connectivity index (χ2v) is 8.81. The quantitative estimate of drug-likeness (QED) is 0.310. The second-order valence-electron chi connectivity index (χ2n) is 8.38. The average molecular weight is 535 g/mol. The molecule has 0 saturated heterocycles. The molecule has 0 unspecified atom stereocenters. The van der Waals surface area contributed by atoms with Gasteiger partial charge in [-0.2, -0.15) is 0 Å². The molecule has 4 rings (SSSR count). The van der Waals surface area contributed by atoms with Crippen molar-refractivity contribution in [2.45, 2.75) is 39.2 Å². The molecule has 0 spiro atoms. The van der Waals surface area contributed by atoms with Gasteiger partial charge in [0.2, 0.25) is 5.78 Å². The van der Waals surface area contributed by atoms with Crippen LogP contribution in [0.1, 0.15) is 41.5 Å². The van der Waals surface area contributed by atoms with Gasteiger partial charge in [0.15, 0.2) is 17.0 Å². The van der Waals surface area contributed by atoms with Gasteiger partial charge in [-0.25, -0.2) is 9.78 Å². The molecular formula is C25H22ClF3N4O4. The number of nitrogens with zero attached hydrogens (tertiary/aromatic N) is 4. The minimum absolute atomic E-state index is 0.0113. The van der Waals surface area contributed by atoms with Gasteiger partial charge < -0.3 is 9.30 Å². The van der Waals surface area contributed by atoms with Crippen molar-refractivity contribution < 1.29 is 22.7 Å². The molecule has 0 aliphatic heterocycles. The summed E-state index contributed by atoms with van der Waals surface area (Å²) in [6.45, 7) is 2.13. The number of unbranched alkanes of at least 4 members (excludes halogenated alkanes) is 1. The Kier molecular flexibility index (Phi) is 7.26. The standard InChI is InChI=1S/C25H22ClF3N4O4/c1-3-4-12-32-23(35)19-21(31(2)24(32)36)30-22(33(19)14-15-8-10-17(26)11-9-15)20(34)16-6-5-7-18(13-16)37-25(27,28)29/h5-11,13H,3-4,12,14H2,1-2H3. The third kappa shape index (κ3) is 5.46. The topological polar surface area (TPSA) is 88.1 Å². The van der Waals surface area contributed by atoms with Gasteiger partial charge >= 0.3 is 12.1 Å². The Balaban J connectivity index is 1.93. The van der Waals surface area contributed by atoms with Crippen LogP contribution in [-0.2, 0) is 20.1 Å². The monoisotopic (exact) mass is 534 g/mol. The summed E-state index contributed by atoms with van der Waals surface area (Å²) in [4.78, 5) is 44.2. The summed E-state index contributed by atoms with van der Waals surface area (Å²) in [5.41, 5.74) is -0.629. The van der Waals surface area contributed by atoms with E-state index in [-0.39, 0.29) is 35.6 Å². The summed E-state index contributed by atoms with van der Waals surface area (Å²) in [5.74, 6) is -1.53. The van der Waals surface area contributed by atoms with Crippen molar-refractivity contribution >= 4 is 28.5 Å². The number of ether oxygens (including phenoxy) is 1. The first-order valence-corrected chi connectivity index (χ1v) is 11.7. The number of carbonyl (C=O) groups excluding carboxylic acids is 1. The van der Waals surface area contributed by atoms with Crippen molar-refractivity contribution in [2.24, 2.45) is 7.05 Å². The lowest BCUT2D eigenvalue weighted by atomic mass is 10.1. The Hall–Kier alpha value is -3.86. The molecule has 2 aromatic carbocycles. The molecule has 37 heavy (non-hydrogen) atoms. The van der Waals surface area contributed by atoms with E-state index in [1.54, 1.807) is 24.3 Å². The number of hydrogen-bond donors (Lipinski definition) is 0. The fourth-order valence-electron chi connectivity index (χ4n) is 3.95. The zero-order chi connectivity index (χ0) is 26.9. The third-order valence-corrected chi connectivity index (χ3v) is 6.01. The number of ketones is 1. The van der Waals surface area contributed by atoms with E-state index in [0.29, 0.717) is 17.0 Å². The van der Waals surface area contributed by atoms with Crippen molar-refractivity contribution in [3.63, 3.8) is 0 Å². The first kappa shape index (κ1) is 26.2. The number of aryl methyl sites for hydroxylation is 1. The maximum Gasteiger partial charge on any atom is 0.573 e. The molecule has 0 atom stereocenters. The van der Waals surface area contributed by atoms with E-state index in [4.69, 9.17) is 11.6 Å². The van der Waals surface area contributed by atoms with Crippen molar-refractivity contribution in [3.8, 4) is 5.75 Å². The average Bonchev–Trinajstić information content (AvgIpc) is 3.22. The normalized spacial score (nSPS) is 11.7. The lowest BCUT2D eigenvalue weighted by Crippen LogP contribution is -2.39. The summed E-state index contributed by atoms with van der Waals surface area (Å²) in [6.07, 6.45) is -3.60. The smallest absolute Gasteiger partial charge is 0.406 e. The van der Waals surface area contributed by atoms with Crippen LogP contribution >= 0.6 is 11.6 Å². The van der Waals surface area contributed by atoms with E-state index in [2.05, 4.69) is 9.72 Å². The Labute approximate surface area is 213 Å². The van der Waals surface area contributed by atoms with Gasteiger partial charge in [0, 0.05) is 24.2 Å². The van der Waals surface area contributed by atoms with E-state index < -0.39 is 29.1 Å². The molecule has 8 nitrogen and oxygen atoms in total. The Morgan fingerprint density at radius 3 is 2.43 bits per heavy atom. The molecule has 0 radical (unpaired) electrons. The fraction of sp³-hybridized carbons (Fsp3) is 0.280. The second kappa shape index (κ2) is 10.3. The predicted molar refractivity (Wildman–Crippen MR) is 131 cm³/mol. The number of aromatic nitrogens is 4. The maximum atomic E-state index is 13.5. The van der Waals surface area contributed by atoms with Crippen LogP contribution in [0.4, 0.5) is 13.2 Å². The van der Waals surface area contributed by atoms with Gasteiger partial charge in [-0.05, 0) is 36.2 Å². The van der Waals surface area contributed by atoms with Gasteiger partial charge in [-0.3, -0.25) is 18.7 Å². The van der Waals surface area contributed by atoms with Crippen LogP contribution in [0.15, 0.2) is 58.1 Å². The molecule has 0 aliphatic carbocycles. The molecule has 2 aromatic heterocycles. The summed E-state index contributed by atoms with van der Waals surface area (Å²) in [5, 5.41) is 0.487. The highest BCUT2D eigenvalue weighted by molar-refractivity contribution is 6.30. The molecule has 0 N–H and O–H groups in total. The summed E-state index contributed by atoms with van der Waals surface area (Å²) in [7, 11) is 1.44. The summed E-state index contributed by atoms with van der Waals surface area (Å²) >= 11 is 5.99. The van der Waals surface area contributed by atoms with E-state index >= 15 is 0 Å². The van der Waals surface area contributed by atoms with Crippen LogP contribution in [0.3, 0.4) is 0 Å². The van der Waals surface area contributed by atoms with Crippen LogP contribution in [0, 0.1) is 0 Å². The number of rotatable bonds is 8. The largest absolute Gasteiger partial charge is 0.573 e. The molecular weight excluding hydrogens is 513 g/mol. The highest BCUT2D eigenvalue weighted by atomic mass is 35.5. The van der Waals surface area contributed by atoms with E-state index in [9.17, 15) is 27.6 Å². The van der Waals surface area contributed by atoms with E-state index in [0.717, 1.165) is 23.1 Å². The number of alkyl halides is 3. The van der Waals surface area contributed by atoms with Crippen LogP contribution in [-0.4, -0.2) is 30.8 Å². The van der Waals surface area contributed by atoms with Gasteiger partial charge in [0.25, 0.3) is 5.56 Å². The highest BCUT2D eigenvalue weighted by Crippen LogP contribution is 2.25. The van der Waals surface area contributed by atoms with Gasteiger partial charge in [0.1, 0.15) is 5.75 Å². The van der Waals surface area contributed by atoms with Crippen LogP contribution in [0.5, 0.6) is 5.75 Å². The SMILES string of the molecule is CCCCn1c(=O)c2c(nc(C(=O)c3cccc(OC(F)(F)F)c3)n2Cc2ccc(Cl)cc2)n(C)c1=O. The number of carbonyl (C=O) groups is 1. The number of hydrogen-bond acceptors (Lipinski definition) is 5. The lowest BCUT2D eigenvalue weighted by Gasteiger charge is -2.12. The maximum absolute atomic E-state index is 13.5. The van der Waals surface area contributed by atoms with E-state index in [1.165, 1.54) is 28.3 Å². The number of fused-ring (bicyclic) bond motifs is 1.